The zero-order chi connectivity index (χ0) is 25.0. The highest BCUT2D eigenvalue weighted by molar-refractivity contribution is 6.44. The van der Waals surface area contributed by atoms with E-state index in [1.807, 2.05) is 0 Å². The third kappa shape index (κ3) is 5.51. The van der Waals surface area contributed by atoms with Crippen LogP contribution in [0.15, 0.2) is 24.3 Å². The van der Waals surface area contributed by atoms with Gasteiger partial charge in [0.25, 0.3) is 5.91 Å². The van der Waals surface area contributed by atoms with Crippen LogP contribution in [0.1, 0.15) is 35.4 Å². The summed E-state index contributed by atoms with van der Waals surface area (Å²) < 4.78 is 14.1. The van der Waals surface area contributed by atoms with E-state index >= 15 is 0 Å². The molecule has 1 aromatic carbocycles. The maximum absolute atomic E-state index is 14.1. The van der Waals surface area contributed by atoms with E-state index in [0.29, 0.717) is 36.5 Å². The number of hydrogen-bond donors (Lipinski definition) is 4. The lowest BCUT2D eigenvalue weighted by atomic mass is 10.1. The average Bonchev–Trinajstić information content (AvgIpc) is 3.28. The van der Waals surface area contributed by atoms with Crippen LogP contribution in [0.4, 0.5) is 10.1 Å². The molecule has 1 aliphatic rings. The lowest BCUT2D eigenvalue weighted by Gasteiger charge is -2.25. The number of nitrogens with two attached hydrogens (primary N) is 1. The van der Waals surface area contributed by atoms with Crippen LogP contribution < -0.4 is 16.4 Å². The summed E-state index contributed by atoms with van der Waals surface area (Å²) in [4.78, 5) is 43.0. The zero-order valence-corrected chi connectivity index (χ0v) is 19.6. The molecule has 3 amide bonds. The highest BCUT2D eigenvalue weighted by Crippen LogP contribution is 2.23. The molecule has 0 bridgehead atoms. The molecule has 0 aliphatic carbocycles. The van der Waals surface area contributed by atoms with Crippen molar-refractivity contribution in [3.8, 4) is 0 Å². The topological polar surface area (TPSA) is 141 Å². The number of nitrogens with one attached hydrogen (secondary N) is 3. The van der Waals surface area contributed by atoms with Crippen LogP contribution in [0.5, 0.6) is 0 Å². The molecule has 0 radical (unpaired) electrons. The van der Waals surface area contributed by atoms with Crippen LogP contribution in [-0.4, -0.2) is 52.4 Å². The summed E-state index contributed by atoms with van der Waals surface area (Å²) in [6.45, 7) is 3.60. The SMILES string of the molecule is Cc1cc(C(=N)C(N)=O)c(NCC(=O)N2CCC[C@H]2C(=O)NCc2cccc(Cl)c2F)c(C)n1. The van der Waals surface area contributed by atoms with Crippen LogP contribution in [0.3, 0.4) is 0 Å². The van der Waals surface area contributed by atoms with E-state index in [9.17, 15) is 18.8 Å². The Balaban J connectivity index is 1.67. The lowest BCUT2D eigenvalue weighted by molar-refractivity contribution is -0.137. The monoisotopic (exact) mass is 488 g/mol. The van der Waals surface area contributed by atoms with Gasteiger partial charge < -0.3 is 21.3 Å². The van der Waals surface area contributed by atoms with E-state index in [0.717, 1.165) is 0 Å². The molecule has 9 nitrogen and oxygen atoms in total. The first-order chi connectivity index (χ1) is 16.1. The molecular formula is C23H26ClFN6O3. The van der Waals surface area contributed by atoms with Gasteiger partial charge in [0.2, 0.25) is 11.8 Å². The summed E-state index contributed by atoms with van der Waals surface area (Å²) in [5.41, 5.74) is 6.85. The fourth-order valence-corrected chi connectivity index (χ4v) is 4.16. The fraction of sp³-hybridized carbons (Fsp3) is 0.348. The van der Waals surface area contributed by atoms with Crippen LogP contribution in [0, 0.1) is 25.1 Å². The second-order valence-corrected chi connectivity index (χ2v) is 8.45. The van der Waals surface area contributed by atoms with Crippen molar-refractivity contribution in [1.29, 1.82) is 5.41 Å². The average molecular weight is 489 g/mol. The van der Waals surface area contributed by atoms with E-state index in [2.05, 4.69) is 15.6 Å². The number of rotatable bonds is 8. The number of carbonyl (C=O) groups is 3. The number of amides is 3. The largest absolute Gasteiger partial charge is 0.374 e. The molecule has 3 rings (SSSR count). The number of carbonyl (C=O) groups excluding carboxylic acids is 3. The Bertz CT molecular complexity index is 1160. The minimum Gasteiger partial charge on any atom is -0.374 e. The second kappa shape index (κ2) is 10.6. The van der Waals surface area contributed by atoms with Crippen molar-refractivity contribution in [2.75, 3.05) is 18.4 Å². The van der Waals surface area contributed by atoms with Crippen molar-refractivity contribution in [3.05, 3.63) is 57.6 Å². The third-order valence-corrected chi connectivity index (χ3v) is 5.91. The van der Waals surface area contributed by atoms with Crippen molar-refractivity contribution in [3.63, 3.8) is 0 Å². The highest BCUT2D eigenvalue weighted by Gasteiger charge is 2.34. The smallest absolute Gasteiger partial charge is 0.267 e. The van der Waals surface area contributed by atoms with E-state index in [4.69, 9.17) is 22.7 Å². The molecule has 34 heavy (non-hydrogen) atoms. The summed E-state index contributed by atoms with van der Waals surface area (Å²) in [5.74, 6) is -2.20. The predicted octanol–water partition coefficient (Wildman–Crippen LogP) is 2.06. The Morgan fingerprint density at radius 1 is 1.32 bits per heavy atom. The predicted molar refractivity (Wildman–Crippen MR) is 126 cm³/mol. The van der Waals surface area contributed by atoms with Gasteiger partial charge in [0.15, 0.2) is 0 Å². The van der Waals surface area contributed by atoms with Crippen molar-refractivity contribution in [1.82, 2.24) is 15.2 Å². The highest BCUT2D eigenvalue weighted by atomic mass is 35.5. The van der Waals surface area contributed by atoms with Gasteiger partial charge in [0.1, 0.15) is 17.6 Å². The van der Waals surface area contributed by atoms with Gasteiger partial charge in [-0.2, -0.15) is 0 Å². The summed E-state index contributed by atoms with van der Waals surface area (Å²) in [6.07, 6.45) is 1.14. The normalized spacial score (nSPS) is 15.2. The number of primary amides is 1. The molecule has 1 saturated heterocycles. The fourth-order valence-electron chi connectivity index (χ4n) is 3.97. The molecule has 1 aliphatic heterocycles. The summed E-state index contributed by atoms with van der Waals surface area (Å²) in [6, 6.07) is 5.42. The number of aryl methyl sites for hydroxylation is 2. The quantitative estimate of drug-likeness (QED) is 0.421. The molecular weight excluding hydrogens is 463 g/mol. The number of halogens is 2. The van der Waals surface area contributed by atoms with Gasteiger partial charge in [0.05, 0.1) is 22.9 Å². The van der Waals surface area contributed by atoms with E-state index in [1.165, 1.54) is 17.0 Å². The maximum Gasteiger partial charge on any atom is 0.267 e. The number of aromatic nitrogens is 1. The van der Waals surface area contributed by atoms with Crippen molar-refractivity contribution in [2.45, 2.75) is 39.3 Å². The lowest BCUT2D eigenvalue weighted by Crippen LogP contribution is -2.47. The van der Waals surface area contributed by atoms with Gasteiger partial charge >= 0.3 is 0 Å². The Labute approximate surface area is 201 Å². The molecule has 2 heterocycles. The first-order valence-corrected chi connectivity index (χ1v) is 11.1. The van der Waals surface area contributed by atoms with E-state index in [1.54, 1.807) is 26.0 Å². The molecule has 2 aromatic rings. The Hall–Kier alpha value is -3.53. The molecule has 1 atom stereocenters. The number of anilines is 1. The van der Waals surface area contributed by atoms with E-state index < -0.39 is 23.5 Å². The Morgan fingerprint density at radius 3 is 2.76 bits per heavy atom. The maximum atomic E-state index is 14.1. The van der Waals surface area contributed by atoms with Gasteiger partial charge in [-0.05, 0) is 38.8 Å². The summed E-state index contributed by atoms with van der Waals surface area (Å²) >= 11 is 5.78. The van der Waals surface area contributed by atoms with E-state index in [-0.39, 0.29) is 41.1 Å². The van der Waals surface area contributed by atoms with Crippen LogP contribution in [0.2, 0.25) is 5.02 Å². The third-order valence-electron chi connectivity index (χ3n) is 5.62. The van der Waals surface area contributed by atoms with Crippen molar-refractivity contribution >= 4 is 40.7 Å². The Kier molecular flexibility index (Phi) is 7.83. The van der Waals surface area contributed by atoms with Gasteiger partial charge in [-0.15, -0.1) is 0 Å². The molecule has 11 heteroatoms. The first kappa shape index (κ1) is 25.1. The van der Waals surface area contributed by atoms with Crippen molar-refractivity contribution in [2.24, 2.45) is 5.73 Å². The minimum absolute atomic E-state index is 0.0276. The second-order valence-electron chi connectivity index (χ2n) is 8.04. The van der Waals surface area contributed by atoms with Crippen LogP contribution in [-0.2, 0) is 20.9 Å². The number of benzene rings is 1. The molecule has 180 valence electrons. The first-order valence-electron chi connectivity index (χ1n) is 10.7. The number of hydrogen-bond acceptors (Lipinski definition) is 6. The summed E-state index contributed by atoms with van der Waals surface area (Å²) in [5, 5.41) is 13.6. The van der Waals surface area contributed by atoms with Gasteiger partial charge in [-0.25, -0.2) is 4.39 Å². The number of pyridine rings is 1. The molecule has 1 fully saturated rings. The number of nitrogens with zero attached hydrogens (tertiary/aromatic N) is 2. The zero-order valence-electron chi connectivity index (χ0n) is 18.9. The van der Waals surface area contributed by atoms with Gasteiger partial charge in [-0.1, -0.05) is 23.7 Å². The molecule has 0 saturated carbocycles. The summed E-state index contributed by atoms with van der Waals surface area (Å²) in [7, 11) is 0. The van der Waals surface area contributed by atoms with Crippen LogP contribution >= 0.6 is 11.6 Å². The number of likely N-dealkylation sites (tertiary alicyclic amines) is 1. The van der Waals surface area contributed by atoms with Crippen LogP contribution in [0.25, 0.3) is 0 Å². The molecule has 1 aromatic heterocycles. The standard InChI is InChI=1S/C23H26ClFN6O3/c1-12-9-15(20(26)22(27)33)21(13(2)30-12)28-11-18(32)31-8-4-7-17(31)23(34)29-10-14-5-3-6-16(24)19(14)25/h3,5-6,9,17,26,28H,4,7-8,10-11H2,1-2H3,(H2,27,33)(H,29,34)/t17-/m0/s1. The molecule has 5 N–H and O–H groups in total. The molecule has 0 spiro atoms. The molecule has 0 unspecified atom stereocenters. The minimum atomic E-state index is -0.896. The Morgan fingerprint density at radius 2 is 2.06 bits per heavy atom. The van der Waals surface area contributed by atoms with Gasteiger partial charge in [-0.3, -0.25) is 24.8 Å². The van der Waals surface area contributed by atoms with Gasteiger partial charge in [0, 0.05) is 29.9 Å². The van der Waals surface area contributed by atoms with Crippen molar-refractivity contribution < 1.29 is 18.8 Å².